The van der Waals surface area contributed by atoms with E-state index in [0.29, 0.717) is 22.2 Å². The molecule has 0 aliphatic carbocycles. The van der Waals surface area contributed by atoms with E-state index in [0.717, 1.165) is 21.9 Å². The standard InChI is InChI=1S/C15H21ClOS2/c1-9-4-5-12(13(16)6-9)7-14(17)15-8-18-10(2)11(3)19-15/h4-6,10-11,14-15,17H,7-8H2,1-3H3. The van der Waals surface area contributed by atoms with Crippen LogP contribution < -0.4 is 0 Å². The zero-order valence-corrected chi connectivity index (χ0v) is 14.0. The van der Waals surface area contributed by atoms with Crippen molar-refractivity contribution >= 4 is 35.1 Å². The smallest absolute Gasteiger partial charge is 0.0707 e. The number of halogens is 1. The molecular formula is C15H21ClOS2. The first-order valence-electron chi connectivity index (χ1n) is 6.67. The molecule has 4 heteroatoms. The molecule has 1 aliphatic heterocycles. The molecule has 1 fully saturated rings. The third-order valence-electron chi connectivity index (χ3n) is 3.64. The minimum atomic E-state index is -0.312. The zero-order valence-electron chi connectivity index (χ0n) is 11.6. The number of hydrogen-bond acceptors (Lipinski definition) is 3. The minimum Gasteiger partial charge on any atom is -0.392 e. The van der Waals surface area contributed by atoms with Crippen LogP contribution in [0, 0.1) is 6.92 Å². The third kappa shape index (κ3) is 4.07. The first-order valence-corrected chi connectivity index (χ1v) is 9.04. The summed E-state index contributed by atoms with van der Waals surface area (Å²) in [5.41, 5.74) is 2.21. The Morgan fingerprint density at radius 2 is 2.11 bits per heavy atom. The maximum atomic E-state index is 10.4. The molecular weight excluding hydrogens is 296 g/mol. The number of aliphatic hydroxyl groups is 1. The van der Waals surface area contributed by atoms with Crippen molar-refractivity contribution in [2.75, 3.05) is 5.75 Å². The summed E-state index contributed by atoms with van der Waals surface area (Å²) in [7, 11) is 0. The lowest BCUT2D eigenvalue weighted by molar-refractivity contribution is 0.177. The average molecular weight is 317 g/mol. The van der Waals surface area contributed by atoms with Crippen molar-refractivity contribution in [2.24, 2.45) is 0 Å². The van der Waals surface area contributed by atoms with Gasteiger partial charge in [-0.25, -0.2) is 0 Å². The van der Waals surface area contributed by atoms with E-state index >= 15 is 0 Å². The molecule has 0 radical (unpaired) electrons. The molecule has 0 amide bonds. The fourth-order valence-electron chi connectivity index (χ4n) is 2.18. The highest BCUT2D eigenvalue weighted by Crippen LogP contribution is 2.37. The molecule has 1 aromatic carbocycles. The fourth-order valence-corrected chi connectivity index (χ4v) is 5.51. The van der Waals surface area contributed by atoms with Crippen LogP contribution in [-0.4, -0.2) is 32.7 Å². The summed E-state index contributed by atoms with van der Waals surface area (Å²) in [5.74, 6) is 1.03. The Balaban J connectivity index is 1.99. The van der Waals surface area contributed by atoms with E-state index in [2.05, 4.69) is 19.9 Å². The van der Waals surface area contributed by atoms with Crippen LogP contribution in [0.15, 0.2) is 18.2 Å². The van der Waals surface area contributed by atoms with Gasteiger partial charge < -0.3 is 5.11 Å². The van der Waals surface area contributed by atoms with Crippen LogP contribution in [0.5, 0.6) is 0 Å². The van der Waals surface area contributed by atoms with Crippen LogP contribution >= 0.6 is 35.1 Å². The molecule has 0 bridgehead atoms. The van der Waals surface area contributed by atoms with Crippen molar-refractivity contribution in [3.8, 4) is 0 Å². The second-order valence-electron chi connectivity index (χ2n) is 5.28. The summed E-state index contributed by atoms with van der Waals surface area (Å²) in [6.07, 6.45) is 0.339. The Morgan fingerprint density at radius 3 is 2.74 bits per heavy atom. The van der Waals surface area contributed by atoms with E-state index in [9.17, 15) is 5.11 Å². The van der Waals surface area contributed by atoms with E-state index in [-0.39, 0.29) is 6.10 Å². The lowest BCUT2D eigenvalue weighted by atomic mass is 10.0. The van der Waals surface area contributed by atoms with Crippen molar-refractivity contribution in [3.63, 3.8) is 0 Å². The summed E-state index contributed by atoms with van der Waals surface area (Å²) < 4.78 is 0. The van der Waals surface area contributed by atoms with E-state index in [1.54, 1.807) is 0 Å². The first kappa shape index (κ1) is 15.6. The van der Waals surface area contributed by atoms with Gasteiger partial charge in [0.05, 0.1) is 6.10 Å². The topological polar surface area (TPSA) is 20.2 Å². The second-order valence-corrected chi connectivity index (χ2v) is 8.72. The highest BCUT2D eigenvalue weighted by atomic mass is 35.5. The van der Waals surface area contributed by atoms with Crippen LogP contribution in [0.3, 0.4) is 0 Å². The van der Waals surface area contributed by atoms with Gasteiger partial charge in [-0.05, 0) is 24.1 Å². The number of rotatable bonds is 3. The molecule has 106 valence electrons. The maximum Gasteiger partial charge on any atom is 0.0707 e. The molecule has 1 heterocycles. The van der Waals surface area contributed by atoms with Crippen molar-refractivity contribution in [2.45, 2.75) is 49.0 Å². The molecule has 4 unspecified atom stereocenters. The van der Waals surface area contributed by atoms with Gasteiger partial charge in [0.25, 0.3) is 0 Å². The lowest BCUT2D eigenvalue weighted by Gasteiger charge is -2.34. The monoisotopic (exact) mass is 316 g/mol. The van der Waals surface area contributed by atoms with Gasteiger partial charge in [-0.15, -0.1) is 0 Å². The molecule has 0 aromatic heterocycles. The first-order chi connectivity index (χ1) is 8.97. The summed E-state index contributed by atoms with van der Waals surface area (Å²) in [6.45, 7) is 6.55. The SMILES string of the molecule is Cc1ccc(CC(O)C2CSC(C)C(C)S2)c(Cl)c1. The fraction of sp³-hybridized carbons (Fsp3) is 0.600. The molecule has 0 spiro atoms. The van der Waals surface area contributed by atoms with Gasteiger partial charge in [-0.3, -0.25) is 0 Å². The Bertz CT molecular complexity index is 438. The average Bonchev–Trinajstić information content (AvgIpc) is 2.36. The second kappa shape index (κ2) is 6.75. The van der Waals surface area contributed by atoms with Crippen LogP contribution in [0.4, 0.5) is 0 Å². The summed E-state index contributed by atoms with van der Waals surface area (Å²) in [5, 5.41) is 12.8. The maximum absolute atomic E-state index is 10.4. The normalized spacial score (nSPS) is 29.2. The minimum absolute atomic E-state index is 0.312. The van der Waals surface area contributed by atoms with Gasteiger partial charge in [0.2, 0.25) is 0 Å². The number of hydrogen-bond donors (Lipinski definition) is 1. The van der Waals surface area contributed by atoms with Crippen molar-refractivity contribution in [3.05, 3.63) is 34.3 Å². The van der Waals surface area contributed by atoms with Crippen LogP contribution in [-0.2, 0) is 6.42 Å². The zero-order chi connectivity index (χ0) is 14.0. The van der Waals surface area contributed by atoms with Crippen molar-refractivity contribution in [1.82, 2.24) is 0 Å². The molecule has 1 saturated heterocycles. The van der Waals surface area contributed by atoms with Gasteiger partial charge >= 0.3 is 0 Å². The van der Waals surface area contributed by atoms with Crippen molar-refractivity contribution < 1.29 is 5.11 Å². The van der Waals surface area contributed by atoms with E-state index in [1.165, 1.54) is 0 Å². The Kier molecular flexibility index (Phi) is 5.53. The molecule has 0 saturated carbocycles. The number of aryl methyl sites for hydroxylation is 1. The molecule has 2 rings (SSSR count). The van der Waals surface area contributed by atoms with Gasteiger partial charge in [0.1, 0.15) is 0 Å². The molecule has 4 atom stereocenters. The van der Waals surface area contributed by atoms with Crippen LogP contribution in [0.25, 0.3) is 0 Å². The predicted octanol–water partition coefficient (Wildman–Crippen LogP) is 4.18. The molecule has 1 aromatic rings. The van der Waals surface area contributed by atoms with Crippen LogP contribution in [0.1, 0.15) is 25.0 Å². The Morgan fingerprint density at radius 1 is 1.37 bits per heavy atom. The number of thioether (sulfide) groups is 2. The summed E-state index contributed by atoms with van der Waals surface area (Å²) >= 11 is 10.1. The Labute approximate surface area is 129 Å². The van der Waals surface area contributed by atoms with E-state index in [1.807, 2.05) is 42.6 Å². The highest BCUT2D eigenvalue weighted by Gasteiger charge is 2.30. The molecule has 1 nitrogen and oxygen atoms in total. The molecule has 19 heavy (non-hydrogen) atoms. The predicted molar refractivity (Wildman–Crippen MR) is 88.7 cm³/mol. The number of benzene rings is 1. The summed E-state index contributed by atoms with van der Waals surface area (Å²) in [6, 6.07) is 6.06. The number of aliphatic hydroxyl groups excluding tert-OH is 1. The Hall–Kier alpha value is 0.170. The highest BCUT2D eigenvalue weighted by molar-refractivity contribution is 8.07. The lowest BCUT2D eigenvalue weighted by Crippen LogP contribution is -2.35. The third-order valence-corrected chi connectivity index (χ3v) is 7.53. The van der Waals surface area contributed by atoms with Gasteiger partial charge in [-0.1, -0.05) is 37.6 Å². The van der Waals surface area contributed by atoms with Crippen LogP contribution in [0.2, 0.25) is 5.02 Å². The van der Waals surface area contributed by atoms with E-state index < -0.39 is 0 Å². The molecule has 1 N–H and O–H groups in total. The summed E-state index contributed by atoms with van der Waals surface area (Å²) in [4.78, 5) is 0. The quantitative estimate of drug-likeness (QED) is 0.903. The van der Waals surface area contributed by atoms with Crippen molar-refractivity contribution in [1.29, 1.82) is 0 Å². The largest absolute Gasteiger partial charge is 0.392 e. The van der Waals surface area contributed by atoms with Gasteiger partial charge in [0, 0.05) is 32.9 Å². The van der Waals surface area contributed by atoms with Gasteiger partial charge in [0.15, 0.2) is 0 Å². The van der Waals surface area contributed by atoms with E-state index in [4.69, 9.17) is 11.6 Å². The molecule has 1 aliphatic rings. The van der Waals surface area contributed by atoms with Gasteiger partial charge in [-0.2, -0.15) is 23.5 Å².